The molecule has 1 nitrogen and oxygen atoms in total. The Kier molecular flexibility index (Phi) is 1.19. The molecule has 0 saturated heterocycles. The molecule has 2 aliphatic rings. The van der Waals surface area contributed by atoms with Crippen molar-refractivity contribution >= 4 is 5.78 Å². The number of allylic oxidation sites excluding steroid dienone is 2. The van der Waals surface area contributed by atoms with Crippen LogP contribution in [0.25, 0.3) is 0 Å². The van der Waals surface area contributed by atoms with E-state index in [9.17, 15) is 4.79 Å². The van der Waals surface area contributed by atoms with Crippen LogP contribution in [0.15, 0.2) is 12.2 Å². The molecular weight excluding hydrogens is 124 g/mol. The second-order valence-electron chi connectivity index (χ2n) is 3.38. The molecule has 0 radical (unpaired) electrons. The van der Waals surface area contributed by atoms with Crippen LogP contribution in [0.2, 0.25) is 0 Å². The van der Waals surface area contributed by atoms with Crippen LogP contribution < -0.4 is 0 Å². The molecule has 1 fully saturated rings. The fourth-order valence-corrected chi connectivity index (χ4v) is 2.11. The standard InChI is InChI=1S/C9H12O/c1-6-7-4-2-3-5-8(7)9(6)10/h2,4,6-8H,3,5H2,1H3. The molecule has 0 aliphatic heterocycles. The molecule has 2 rings (SSSR count). The van der Waals surface area contributed by atoms with Gasteiger partial charge >= 0.3 is 0 Å². The molecule has 0 amide bonds. The summed E-state index contributed by atoms with van der Waals surface area (Å²) in [5.41, 5.74) is 0. The Labute approximate surface area is 61.1 Å². The van der Waals surface area contributed by atoms with E-state index in [-0.39, 0.29) is 0 Å². The van der Waals surface area contributed by atoms with Crippen molar-refractivity contribution < 1.29 is 4.79 Å². The number of carbonyl (C=O) groups excluding carboxylic acids is 1. The summed E-state index contributed by atoms with van der Waals surface area (Å²) in [4.78, 5) is 11.2. The second kappa shape index (κ2) is 1.94. The zero-order valence-electron chi connectivity index (χ0n) is 6.21. The Morgan fingerprint density at radius 1 is 1.60 bits per heavy atom. The van der Waals surface area contributed by atoms with Gasteiger partial charge in [-0.1, -0.05) is 19.1 Å². The molecule has 1 heteroatoms. The molecule has 3 atom stereocenters. The summed E-state index contributed by atoms with van der Waals surface area (Å²) in [5, 5.41) is 0. The quantitative estimate of drug-likeness (QED) is 0.464. The number of rotatable bonds is 0. The van der Waals surface area contributed by atoms with Crippen molar-refractivity contribution in [1.82, 2.24) is 0 Å². The lowest BCUT2D eigenvalue weighted by Gasteiger charge is -2.41. The monoisotopic (exact) mass is 136 g/mol. The third-order valence-corrected chi connectivity index (χ3v) is 2.86. The smallest absolute Gasteiger partial charge is 0.139 e. The Morgan fingerprint density at radius 2 is 2.40 bits per heavy atom. The summed E-state index contributed by atoms with van der Waals surface area (Å²) >= 11 is 0. The number of hydrogen-bond donors (Lipinski definition) is 0. The van der Waals surface area contributed by atoms with Crippen LogP contribution in [0.5, 0.6) is 0 Å². The average Bonchev–Trinajstić information content (AvgIpc) is 2.03. The van der Waals surface area contributed by atoms with Crippen LogP contribution in [0, 0.1) is 17.8 Å². The van der Waals surface area contributed by atoms with Crippen molar-refractivity contribution in [3.8, 4) is 0 Å². The molecule has 0 aromatic heterocycles. The van der Waals surface area contributed by atoms with E-state index >= 15 is 0 Å². The Bertz CT molecular complexity index is 193. The highest BCUT2D eigenvalue weighted by atomic mass is 16.1. The topological polar surface area (TPSA) is 17.1 Å². The predicted molar refractivity (Wildman–Crippen MR) is 39.5 cm³/mol. The van der Waals surface area contributed by atoms with Crippen LogP contribution in [0.4, 0.5) is 0 Å². The van der Waals surface area contributed by atoms with Gasteiger partial charge < -0.3 is 0 Å². The Balaban J connectivity index is 2.18. The molecule has 2 aliphatic carbocycles. The molecule has 0 aromatic rings. The van der Waals surface area contributed by atoms with Crippen LogP contribution in [0.3, 0.4) is 0 Å². The maximum Gasteiger partial charge on any atom is 0.139 e. The van der Waals surface area contributed by atoms with Gasteiger partial charge in [0.05, 0.1) is 0 Å². The highest BCUT2D eigenvalue weighted by Crippen LogP contribution is 2.42. The minimum Gasteiger partial charge on any atom is -0.299 e. The SMILES string of the molecule is CC1C(=O)C2CCC=CC12. The number of Topliss-reactive ketones (excluding diaryl/α,β-unsaturated/α-hetero) is 1. The number of fused-ring (bicyclic) bond motifs is 1. The van der Waals surface area contributed by atoms with E-state index < -0.39 is 0 Å². The highest BCUT2D eigenvalue weighted by molar-refractivity contribution is 5.90. The first-order chi connectivity index (χ1) is 4.80. The van der Waals surface area contributed by atoms with Gasteiger partial charge in [0.1, 0.15) is 5.78 Å². The molecule has 3 unspecified atom stereocenters. The molecule has 54 valence electrons. The second-order valence-corrected chi connectivity index (χ2v) is 3.38. The zero-order valence-corrected chi connectivity index (χ0v) is 6.21. The minimum absolute atomic E-state index is 0.321. The molecule has 0 N–H and O–H groups in total. The van der Waals surface area contributed by atoms with Crippen molar-refractivity contribution in [1.29, 1.82) is 0 Å². The molecule has 0 aromatic carbocycles. The summed E-state index contributed by atoms with van der Waals surface area (Å²) in [6.45, 7) is 2.04. The van der Waals surface area contributed by atoms with Crippen LogP contribution in [0.1, 0.15) is 19.8 Å². The van der Waals surface area contributed by atoms with Gasteiger partial charge in [-0.15, -0.1) is 0 Å². The molecule has 10 heavy (non-hydrogen) atoms. The number of hydrogen-bond acceptors (Lipinski definition) is 1. The number of ketones is 1. The molecule has 1 saturated carbocycles. The lowest BCUT2D eigenvalue weighted by atomic mass is 9.61. The maximum absolute atomic E-state index is 11.2. The number of carbonyl (C=O) groups is 1. The fraction of sp³-hybridized carbons (Fsp3) is 0.667. The van der Waals surface area contributed by atoms with Gasteiger partial charge in [-0.05, 0) is 18.8 Å². The van der Waals surface area contributed by atoms with Gasteiger partial charge in [-0.2, -0.15) is 0 Å². The largest absolute Gasteiger partial charge is 0.299 e. The van der Waals surface area contributed by atoms with E-state index in [4.69, 9.17) is 0 Å². The minimum atomic E-state index is 0.321. The van der Waals surface area contributed by atoms with E-state index in [1.807, 2.05) is 6.92 Å². The lowest BCUT2D eigenvalue weighted by Crippen LogP contribution is -2.45. The first-order valence-electron chi connectivity index (χ1n) is 4.01. The average molecular weight is 136 g/mol. The van der Waals surface area contributed by atoms with Crippen LogP contribution in [-0.4, -0.2) is 5.78 Å². The fourth-order valence-electron chi connectivity index (χ4n) is 2.11. The zero-order chi connectivity index (χ0) is 7.14. The third kappa shape index (κ3) is 0.606. The first kappa shape index (κ1) is 6.14. The van der Waals surface area contributed by atoms with E-state index in [0.717, 1.165) is 12.8 Å². The summed E-state index contributed by atoms with van der Waals surface area (Å²) in [6.07, 6.45) is 6.65. The summed E-state index contributed by atoms with van der Waals surface area (Å²) in [5.74, 6) is 1.82. The van der Waals surface area contributed by atoms with E-state index in [0.29, 0.717) is 23.5 Å². The van der Waals surface area contributed by atoms with Gasteiger partial charge in [0, 0.05) is 11.8 Å². The maximum atomic E-state index is 11.2. The van der Waals surface area contributed by atoms with Gasteiger partial charge in [-0.25, -0.2) is 0 Å². The lowest BCUT2D eigenvalue weighted by molar-refractivity contribution is -0.139. The normalized spacial score (nSPS) is 44.5. The van der Waals surface area contributed by atoms with Gasteiger partial charge in [0.2, 0.25) is 0 Å². The van der Waals surface area contributed by atoms with Gasteiger partial charge in [0.25, 0.3) is 0 Å². The Morgan fingerprint density at radius 3 is 3.10 bits per heavy atom. The van der Waals surface area contributed by atoms with Crippen molar-refractivity contribution in [3.63, 3.8) is 0 Å². The van der Waals surface area contributed by atoms with Crippen molar-refractivity contribution in [2.45, 2.75) is 19.8 Å². The molecular formula is C9H12O. The summed E-state index contributed by atoms with van der Waals surface area (Å²) < 4.78 is 0. The van der Waals surface area contributed by atoms with E-state index in [1.54, 1.807) is 0 Å². The summed E-state index contributed by atoms with van der Waals surface area (Å²) in [7, 11) is 0. The van der Waals surface area contributed by atoms with Crippen molar-refractivity contribution in [2.24, 2.45) is 17.8 Å². The van der Waals surface area contributed by atoms with E-state index in [2.05, 4.69) is 12.2 Å². The van der Waals surface area contributed by atoms with Crippen LogP contribution >= 0.6 is 0 Å². The molecule has 0 spiro atoms. The predicted octanol–water partition coefficient (Wildman–Crippen LogP) is 1.79. The molecule has 0 heterocycles. The summed E-state index contributed by atoms with van der Waals surface area (Å²) in [6, 6.07) is 0. The van der Waals surface area contributed by atoms with Crippen LogP contribution in [-0.2, 0) is 4.79 Å². The molecule has 0 bridgehead atoms. The highest BCUT2D eigenvalue weighted by Gasteiger charge is 2.45. The van der Waals surface area contributed by atoms with E-state index in [1.165, 1.54) is 0 Å². The van der Waals surface area contributed by atoms with Crippen molar-refractivity contribution in [2.75, 3.05) is 0 Å². The van der Waals surface area contributed by atoms with Gasteiger partial charge in [-0.3, -0.25) is 4.79 Å². The third-order valence-electron chi connectivity index (χ3n) is 2.86. The first-order valence-corrected chi connectivity index (χ1v) is 4.01. The Hall–Kier alpha value is -0.590. The van der Waals surface area contributed by atoms with Crippen molar-refractivity contribution in [3.05, 3.63) is 12.2 Å². The van der Waals surface area contributed by atoms with Gasteiger partial charge in [0.15, 0.2) is 0 Å².